The number of nitriles is 1. The van der Waals surface area contributed by atoms with E-state index in [-0.39, 0.29) is 6.04 Å². The van der Waals surface area contributed by atoms with Gasteiger partial charge in [-0.25, -0.2) is 4.98 Å². The van der Waals surface area contributed by atoms with Crippen LogP contribution in [0.3, 0.4) is 0 Å². The highest BCUT2D eigenvalue weighted by Gasteiger charge is 2.04. The Labute approximate surface area is 97.9 Å². The van der Waals surface area contributed by atoms with Crippen LogP contribution in [-0.4, -0.2) is 21.0 Å². The third kappa shape index (κ3) is 4.51. The van der Waals surface area contributed by atoms with Crippen molar-refractivity contribution in [3.05, 3.63) is 29.6 Å². The number of hydrogen-bond acceptors (Lipinski definition) is 4. The predicted octanol–water partition coefficient (Wildman–Crippen LogP) is 0.939. The molecule has 86 valence electrons. The molecule has 0 fully saturated rings. The minimum absolute atomic E-state index is 0.0797. The van der Waals surface area contributed by atoms with E-state index < -0.39 is 10.8 Å². The molecule has 0 amide bonds. The summed E-state index contributed by atoms with van der Waals surface area (Å²) in [5.74, 6) is 1.06. The first-order valence-corrected chi connectivity index (χ1v) is 6.56. The molecule has 0 bridgehead atoms. The molecule has 0 aliphatic heterocycles. The molecule has 0 spiro atoms. The fraction of sp³-hybridized carbons (Fsp3) is 0.455. The van der Waals surface area contributed by atoms with Crippen LogP contribution in [0.1, 0.15) is 24.6 Å². The summed E-state index contributed by atoms with van der Waals surface area (Å²) < 4.78 is 11.7. The molecule has 1 rings (SSSR count). The third-order valence-electron chi connectivity index (χ3n) is 2.07. The van der Waals surface area contributed by atoms with Crippen LogP contribution in [0.4, 0.5) is 0 Å². The van der Waals surface area contributed by atoms with E-state index in [4.69, 9.17) is 11.0 Å². The van der Waals surface area contributed by atoms with Gasteiger partial charge in [-0.15, -0.1) is 0 Å². The van der Waals surface area contributed by atoms with Crippen LogP contribution in [-0.2, 0) is 16.6 Å². The summed E-state index contributed by atoms with van der Waals surface area (Å²) in [6.45, 7) is 1.90. The Kier molecular flexibility index (Phi) is 5.09. The Balaban J connectivity index is 2.53. The van der Waals surface area contributed by atoms with Crippen LogP contribution in [0.2, 0.25) is 0 Å². The maximum Gasteiger partial charge on any atom is 0.140 e. The maximum atomic E-state index is 11.7. The zero-order valence-corrected chi connectivity index (χ0v) is 10.0. The van der Waals surface area contributed by atoms with Crippen molar-refractivity contribution >= 4 is 10.8 Å². The molecule has 1 aromatic rings. The largest absolute Gasteiger partial charge is 0.328 e. The van der Waals surface area contributed by atoms with Gasteiger partial charge in [-0.2, -0.15) is 5.26 Å². The minimum atomic E-state index is -0.919. The standard InChI is InChI=1S/C11H15N3OS/c1-9(13)3-5-16(15)8-10-2-4-14-11(6-10)7-12/h2,4,6,9H,3,5,8,13H2,1H3. The van der Waals surface area contributed by atoms with E-state index in [9.17, 15) is 4.21 Å². The fourth-order valence-corrected chi connectivity index (χ4v) is 2.53. The average Bonchev–Trinajstić information content (AvgIpc) is 2.26. The van der Waals surface area contributed by atoms with E-state index in [1.54, 1.807) is 18.3 Å². The van der Waals surface area contributed by atoms with Gasteiger partial charge in [0.05, 0.1) is 0 Å². The second kappa shape index (κ2) is 6.36. The molecule has 0 aromatic carbocycles. The average molecular weight is 237 g/mol. The molecule has 0 saturated carbocycles. The van der Waals surface area contributed by atoms with Gasteiger partial charge in [0.2, 0.25) is 0 Å². The van der Waals surface area contributed by atoms with Gasteiger partial charge < -0.3 is 5.73 Å². The molecule has 2 atom stereocenters. The van der Waals surface area contributed by atoms with Crippen molar-refractivity contribution in [1.82, 2.24) is 4.98 Å². The van der Waals surface area contributed by atoms with Crippen LogP contribution >= 0.6 is 0 Å². The number of aromatic nitrogens is 1. The second-order valence-corrected chi connectivity index (χ2v) is 5.29. The third-order valence-corrected chi connectivity index (χ3v) is 3.41. The van der Waals surface area contributed by atoms with Gasteiger partial charge in [0.15, 0.2) is 0 Å². The lowest BCUT2D eigenvalue weighted by atomic mass is 10.2. The summed E-state index contributed by atoms with van der Waals surface area (Å²) in [7, 11) is -0.919. The summed E-state index contributed by atoms with van der Waals surface area (Å²) in [5, 5.41) is 8.67. The van der Waals surface area contributed by atoms with Crippen LogP contribution < -0.4 is 5.73 Å². The van der Waals surface area contributed by atoms with E-state index in [1.807, 2.05) is 13.0 Å². The molecule has 1 heterocycles. The first-order valence-electron chi connectivity index (χ1n) is 5.07. The van der Waals surface area contributed by atoms with Crippen molar-refractivity contribution in [2.24, 2.45) is 5.73 Å². The lowest BCUT2D eigenvalue weighted by molar-refractivity contribution is 0.667. The van der Waals surface area contributed by atoms with E-state index >= 15 is 0 Å². The van der Waals surface area contributed by atoms with E-state index in [0.717, 1.165) is 12.0 Å². The molecule has 0 aliphatic rings. The van der Waals surface area contributed by atoms with Crippen molar-refractivity contribution in [2.45, 2.75) is 25.1 Å². The minimum Gasteiger partial charge on any atom is -0.328 e. The Bertz CT molecular complexity index is 412. The van der Waals surface area contributed by atoms with Gasteiger partial charge in [-0.05, 0) is 31.0 Å². The molecule has 0 radical (unpaired) electrons. The van der Waals surface area contributed by atoms with E-state index in [1.165, 1.54) is 0 Å². The quantitative estimate of drug-likeness (QED) is 0.826. The highest BCUT2D eigenvalue weighted by atomic mass is 32.2. The molecular formula is C11H15N3OS. The summed E-state index contributed by atoms with van der Waals surface area (Å²) in [6, 6.07) is 5.49. The van der Waals surface area contributed by atoms with E-state index in [0.29, 0.717) is 17.2 Å². The first-order chi connectivity index (χ1) is 7.61. The van der Waals surface area contributed by atoms with Crippen molar-refractivity contribution in [3.63, 3.8) is 0 Å². The molecule has 5 heteroatoms. The lowest BCUT2D eigenvalue weighted by Crippen LogP contribution is -2.18. The topological polar surface area (TPSA) is 79.8 Å². The van der Waals surface area contributed by atoms with Gasteiger partial charge in [0.1, 0.15) is 11.8 Å². The molecule has 4 nitrogen and oxygen atoms in total. The number of hydrogen-bond donors (Lipinski definition) is 1. The number of nitrogens with zero attached hydrogens (tertiary/aromatic N) is 2. The predicted molar refractivity (Wildman–Crippen MR) is 63.9 cm³/mol. The summed E-state index contributed by atoms with van der Waals surface area (Å²) in [6.07, 6.45) is 2.32. The van der Waals surface area contributed by atoms with Crippen molar-refractivity contribution in [3.8, 4) is 6.07 Å². The molecule has 1 aromatic heterocycles. The Morgan fingerprint density at radius 1 is 1.69 bits per heavy atom. The summed E-state index contributed by atoms with van der Waals surface area (Å²) in [5.41, 5.74) is 6.84. The monoisotopic (exact) mass is 237 g/mol. The first kappa shape index (κ1) is 12.8. The molecular weight excluding hydrogens is 222 g/mol. The number of pyridine rings is 1. The van der Waals surface area contributed by atoms with Crippen LogP contribution in [0.15, 0.2) is 18.3 Å². The maximum absolute atomic E-state index is 11.7. The van der Waals surface area contributed by atoms with Gasteiger partial charge in [0.25, 0.3) is 0 Å². The van der Waals surface area contributed by atoms with Gasteiger partial charge in [-0.3, -0.25) is 4.21 Å². The van der Waals surface area contributed by atoms with E-state index in [2.05, 4.69) is 4.98 Å². The van der Waals surface area contributed by atoms with Crippen LogP contribution in [0.5, 0.6) is 0 Å². The zero-order valence-electron chi connectivity index (χ0n) is 9.22. The van der Waals surface area contributed by atoms with Crippen LogP contribution in [0.25, 0.3) is 0 Å². The second-order valence-electron chi connectivity index (χ2n) is 3.72. The van der Waals surface area contributed by atoms with Crippen molar-refractivity contribution < 1.29 is 4.21 Å². The van der Waals surface area contributed by atoms with Gasteiger partial charge in [-0.1, -0.05) is 0 Å². The molecule has 0 saturated heterocycles. The Morgan fingerprint density at radius 2 is 2.44 bits per heavy atom. The fourth-order valence-electron chi connectivity index (χ4n) is 1.20. The summed E-state index contributed by atoms with van der Waals surface area (Å²) in [4.78, 5) is 3.86. The van der Waals surface area contributed by atoms with Crippen molar-refractivity contribution in [2.75, 3.05) is 5.75 Å². The zero-order chi connectivity index (χ0) is 12.0. The number of nitrogens with two attached hydrogens (primary N) is 1. The normalized spacial score (nSPS) is 14.1. The summed E-state index contributed by atoms with van der Waals surface area (Å²) >= 11 is 0. The molecule has 0 aliphatic carbocycles. The SMILES string of the molecule is CC(N)CCS(=O)Cc1ccnc(C#N)c1. The molecule has 16 heavy (non-hydrogen) atoms. The number of rotatable bonds is 5. The Morgan fingerprint density at radius 3 is 3.06 bits per heavy atom. The highest BCUT2D eigenvalue weighted by Crippen LogP contribution is 2.05. The Hall–Kier alpha value is -1.25. The van der Waals surface area contributed by atoms with Gasteiger partial charge in [0, 0.05) is 34.5 Å². The molecule has 2 unspecified atom stereocenters. The smallest absolute Gasteiger partial charge is 0.140 e. The van der Waals surface area contributed by atoms with Gasteiger partial charge >= 0.3 is 0 Å². The van der Waals surface area contributed by atoms with Crippen LogP contribution in [0, 0.1) is 11.3 Å². The highest BCUT2D eigenvalue weighted by molar-refractivity contribution is 7.84. The van der Waals surface area contributed by atoms with Crippen molar-refractivity contribution in [1.29, 1.82) is 5.26 Å². The lowest BCUT2D eigenvalue weighted by Gasteiger charge is -2.05. The molecule has 2 N–H and O–H groups in total.